The van der Waals surface area contributed by atoms with E-state index in [-0.39, 0.29) is 0 Å². The standard InChI is InChI=1S/C14H18N2OS/c1-10-11(2)18-14(16-10)8-5-9-17-13-7-4-3-6-12(13)15/h3-4,6-7H,5,8-9,15H2,1-2H3. The molecule has 0 aliphatic carbocycles. The molecule has 0 bridgehead atoms. The average molecular weight is 262 g/mol. The zero-order chi connectivity index (χ0) is 13.0. The molecule has 0 amide bonds. The van der Waals surface area contributed by atoms with Crippen molar-refractivity contribution in [2.75, 3.05) is 12.3 Å². The van der Waals surface area contributed by atoms with Gasteiger partial charge in [-0.25, -0.2) is 4.98 Å². The van der Waals surface area contributed by atoms with Crippen molar-refractivity contribution in [3.8, 4) is 5.75 Å². The number of hydrogen-bond donors (Lipinski definition) is 1. The van der Waals surface area contributed by atoms with Crippen LogP contribution in [0.3, 0.4) is 0 Å². The minimum absolute atomic E-state index is 0.673. The van der Waals surface area contributed by atoms with Gasteiger partial charge in [0.05, 0.1) is 23.0 Å². The second-order valence-corrected chi connectivity index (χ2v) is 5.53. The minimum Gasteiger partial charge on any atom is -0.491 e. The van der Waals surface area contributed by atoms with Gasteiger partial charge in [-0.15, -0.1) is 11.3 Å². The summed E-state index contributed by atoms with van der Waals surface area (Å²) >= 11 is 1.77. The van der Waals surface area contributed by atoms with Gasteiger partial charge in [0.15, 0.2) is 0 Å². The molecule has 0 atom stereocenters. The Morgan fingerprint density at radius 3 is 2.72 bits per heavy atom. The highest BCUT2D eigenvalue weighted by atomic mass is 32.1. The number of nitrogens with two attached hydrogens (primary N) is 1. The van der Waals surface area contributed by atoms with Gasteiger partial charge in [-0.05, 0) is 32.4 Å². The molecule has 1 heterocycles. The largest absolute Gasteiger partial charge is 0.491 e. The minimum atomic E-state index is 0.673. The maximum atomic E-state index is 5.80. The zero-order valence-corrected chi connectivity index (χ0v) is 11.6. The first-order chi connectivity index (χ1) is 8.66. The van der Waals surface area contributed by atoms with E-state index in [1.807, 2.05) is 24.3 Å². The Labute approximate surface area is 112 Å². The highest BCUT2D eigenvalue weighted by Crippen LogP contribution is 2.21. The monoisotopic (exact) mass is 262 g/mol. The maximum Gasteiger partial charge on any atom is 0.142 e. The number of ether oxygens (including phenoxy) is 1. The molecule has 1 aromatic carbocycles. The van der Waals surface area contributed by atoms with Crippen LogP contribution >= 0.6 is 11.3 Å². The van der Waals surface area contributed by atoms with Crippen LogP contribution in [0.4, 0.5) is 5.69 Å². The fourth-order valence-corrected chi connectivity index (χ4v) is 2.64. The molecule has 0 spiro atoms. The van der Waals surface area contributed by atoms with Crippen molar-refractivity contribution in [3.63, 3.8) is 0 Å². The van der Waals surface area contributed by atoms with E-state index in [2.05, 4.69) is 18.8 Å². The van der Waals surface area contributed by atoms with E-state index in [9.17, 15) is 0 Å². The molecule has 0 aliphatic heterocycles. The van der Waals surface area contributed by atoms with E-state index in [0.29, 0.717) is 12.3 Å². The Morgan fingerprint density at radius 1 is 1.28 bits per heavy atom. The highest BCUT2D eigenvalue weighted by Gasteiger charge is 2.04. The first-order valence-corrected chi connectivity index (χ1v) is 6.88. The SMILES string of the molecule is Cc1nc(CCCOc2ccccc2N)sc1C. The number of hydrogen-bond acceptors (Lipinski definition) is 4. The summed E-state index contributed by atoms with van der Waals surface area (Å²) in [4.78, 5) is 5.81. The molecule has 3 nitrogen and oxygen atoms in total. The Bertz CT molecular complexity index is 503. The van der Waals surface area contributed by atoms with E-state index >= 15 is 0 Å². The number of nitrogens with zero attached hydrogens (tertiary/aromatic N) is 1. The summed E-state index contributed by atoms with van der Waals surface area (Å²) in [6.07, 6.45) is 1.92. The van der Waals surface area contributed by atoms with E-state index in [4.69, 9.17) is 10.5 Å². The molecule has 2 rings (SSSR count). The summed E-state index contributed by atoms with van der Waals surface area (Å²) in [7, 11) is 0. The lowest BCUT2D eigenvalue weighted by atomic mass is 10.3. The number of thiazole rings is 1. The van der Waals surface area contributed by atoms with Gasteiger partial charge < -0.3 is 10.5 Å². The number of anilines is 1. The lowest BCUT2D eigenvalue weighted by Gasteiger charge is -2.07. The summed E-state index contributed by atoms with van der Waals surface area (Å²) < 4.78 is 5.65. The number of nitrogen functional groups attached to an aromatic ring is 1. The Kier molecular flexibility index (Phi) is 4.20. The average Bonchev–Trinajstić information content (AvgIpc) is 2.66. The van der Waals surface area contributed by atoms with E-state index in [1.165, 1.54) is 9.88 Å². The van der Waals surface area contributed by atoms with Crippen molar-refractivity contribution in [3.05, 3.63) is 39.8 Å². The van der Waals surface area contributed by atoms with Gasteiger partial charge in [-0.3, -0.25) is 0 Å². The first kappa shape index (κ1) is 12.9. The van der Waals surface area contributed by atoms with E-state index in [1.54, 1.807) is 11.3 Å². The summed E-state index contributed by atoms with van der Waals surface area (Å²) in [6, 6.07) is 7.58. The van der Waals surface area contributed by atoms with Gasteiger partial charge in [0.25, 0.3) is 0 Å². The van der Waals surface area contributed by atoms with Crippen LogP contribution in [-0.2, 0) is 6.42 Å². The van der Waals surface area contributed by atoms with Gasteiger partial charge in [-0.1, -0.05) is 12.1 Å². The van der Waals surface area contributed by atoms with Crippen molar-refractivity contribution in [2.24, 2.45) is 0 Å². The van der Waals surface area contributed by atoms with Crippen LogP contribution < -0.4 is 10.5 Å². The fraction of sp³-hybridized carbons (Fsp3) is 0.357. The van der Waals surface area contributed by atoms with Crippen molar-refractivity contribution < 1.29 is 4.74 Å². The molecule has 2 N–H and O–H groups in total. The summed E-state index contributed by atoms with van der Waals surface area (Å²) in [5, 5.41) is 1.19. The third kappa shape index (κ3) is 3.23. The second kappa shape index (κ2) is 5.87. The molecule has 0 radical (unpaired) electrons. The number of aryl methyl sites for hydroxylation is 3. The second-order valence-electron chi connectivity index (χ2n) is 4.24. The Morgan fingerprint density at radius 2 is 2.06 bits per heavy atom. The molecule has 0 saturated heterocycles. The molecule has 0 saturated carbocycles. The maximum absolute atomic E-state index is 5.80. The van der Waals surface area contributed by atoms with Crippen LogP contribution in [-0.4, -0.2) is 11.6 Å². The number of benzene rings is 1. The smallest absolute Gasteiger partial charge is 0.142 e. The lowest BCUT2D eigenvalue weighted by Crippen LogP contribution is -2.01. The topological polar surface area (TPSA) is 48.1 Å². The third-order valence-electron chi connectivity index (χ3n) is 2.78. The van der Waals surface area contributed by atoms with E-state index < -0.39 is 0 Å². The van der Waals surface area contributed by atoms with Crippen molar-refractivity contribution in [2.45, 2.75) is 26.7 Å². The van der Waals surface area contributed by atoms with Crippen molar-refractivity contribution in [1.29, 1.82) is 0 Å². The number of rotatable bonds is 5. The molecule has 0 fully saturated rings. The molecular weight excluding hydrogens is 244 g/mol. The normalized spacial score (nSPS) is 10.6. The van der Waals surface area contributed by atoms with Crippen LogP contribution in [0, 0.1) is 13.8 Å². The molecule has 4 heteroatoms. The molecular formula is C14H18N2OS. The third-order valence-corrected chi connectivity index (χ3v) is 3.92. The Balaban J connectivity index is 1.78. The van der Waals surface area contributed by atoms with Crippen LogP contribution in [0.2, 0.25) is 0 Å². The van der Waals surface area contributed by atoms with Gasteiger partial charge in [0.2, 0.25) is 0 Å². The van der Waals surface area contributed by atoms with Gasteiger partial charge in [0, 0.05) is 11.3 Å². The Hall–Kier alpha value is -1.55. The predicted molar refractivity (Wildman–Crippen MR) is 76.3 cm³/mol. The van der Waals surface area contributed by atoms with Crippen molar-refractivity contribution in [1.82, 2.24) is 4.98 Å². The molecule has 2 aromatic rings. The number of para-hydroxylation sites is 2. The molecule has 18 heavy (non-hydrogen) atoms. The lowest BCUT2D eigenvalue weighted by molar-refractivity contribution is 0.312. The highest BCUT2D eigenvalue weighted by molar-refractivity contribution is 7.11. The van der Waals surface area contributed by atoms with Gasteiger partial charge in [-0.2, -0.15) is 0 Å². The first-order valence-electron chi connectivity index (χ1n) is 6.07. The fourth-order valence-electron chi connectivity index (χ4n) is 1.66. The van der Waals surface area contributed by atoms with Gasteiger partial charge in [0.1, 0.15) is 5.75 Å². The van der Waals surface area contributed by atoms with Crippen molar-refractivity contribution >= 4 is 17.0 Å². The van der Waals surface area contributed by atoms with Crippen LogP contribution in [0.1, 0.15) is 22.0 Å². The summed E-state index contributed by atoms with van der Waals surface area (Å²) in [5.41, 5.74) is 7.64. The van der Waals surface area contributed by atoms with Crippen LogP contribution in [0.25, 0.3) is 0 Å². The molecule has 96 valence electrons. The predicted octanol–water partition coefficient (Wildman–Crippen LogP) is 3.35. The number of aromatic nitrogens is 1. The van der Waals surface area contributed by atoms with Crippen LogP contribution in [0.5, 0.6) is 5.75 Å². The molecule has 1 aromatic heterocycles. The van der Waals surface area contributed by atoms with Crippen LogP contribution in [0.15, 0.2) is 24.3 Å². The molecule has 0 unspecified atom stereocenters. The summed E-state index contributed by atoms with van der Waals surface area (Å²) in [6.45, 7) is 4.83. The zero-order valence-electron chi connectivity index (χ0n) is 10.8. The van der Waals surface area contributed by atoms with E-state index in [0.717, 1.165) is 24.3 Å². The van der Waals surface area contributed by atoms with Gasteiger partial charge >= 0.3 is 0 Å². The summed E-state index contributed by atoms with van der Waals surface area (Å²) in [5.74, 6) is 0.768. The molecule has 0 aliphatic rings. The quantitative estimate of drug-likeness (QED) is 0.664.